The highest BCUT2D eigenvalue weighted by atomic mass is 35.5. The Morgan fingerprint density at radius 2 is 1.82 bits per heavy atom. The van der Waals surface area contributed by atoms with Gasteiger partial charge in [-0.05, 0) is 62.2 Å². The Balaban J connectivity index is 0.00000400. The standard InChI is InChI=1S/C24H26ClF3N5O3P.H3P/c1-33-8-7-14-10-20(34-2)19(9-15(14)13-33)31-23-29-12-17(25)22(32-23)30-18-6-5-16(35-24(26,27)28)11-21(18)36-37(3)4;/h5-6,9-12H,7-8,13H2,1-4H3,(H2,29,30,31,32);1H3. The second kappa shape index (κ2) is 12.5. The molecule has 2 N–H and O–H groups in total. The van der Waals surface area contributed by atoms with Gasteiger partial charge in [0.15, 0.2) is 5.82 Å². The first-order valence-corrected chi connectivity index (χ1v) is 13.7. The molecule has 2 aromatic carbocycles. The molecule has 1 aliphatic rings. The fraction of sp³-hybridized carbons (Fsp3) is 0.333. The molecule has 3 aromatic rings. The van der Waals surface area contributed by atoms with Gasteiger partial charge in [0.05, 0.1) is 32.8 Å². The van der Waals surface area contributed by atoms with E-state index in [4.69, 9.17) is 20.9 Å². The van der Waals surface area contributed by atoms with Gasteiger partial charge in [-0.3, -0.25) is 0 Å². The number of likely N-dealkylation sites (N-methyl/N-ethyl adjacent to an activating group) is 1. The number of hydrogen-bond donors (Lipinski definition) is 2. The van der Waals surface area contributed by atoms with E-state index in [0.717, 1.165) is 19.5 Å². The number of rotatable bonds is 8. The van der Waals surface area contributed by atoms with Crippen molar-refractivity contribution in [1.29, 1.82) is 0 Å². The third-order valence-corrected chi connectivity index (χ3v) is 6.27. The highest BCUT2D eigenvalue weighted by Gasteiger charge is 2.31. The summed E-state index contributed by atoms with van der Waals surface area (Å²) in [7, 11) is 2.72. The van der Waals surface area contributed by atoms with Gasteiger partial charge in [-0.25, -0.2) is 4.98 Å². The summed E-state index contributed by atoms with van der Waals surface area (Å²) < 4.78 is 53.5. The van der Waals surface area contributed by atoms with Crippen molar-refractivity contribution in [2.24, 2.45) is 0 Å². The molecule has 0 spiro atoms. The summed E-state index contributed by atoms with van der Waals surface area (Å²) >= 11 is 6.34. The van der Waals surface area contributed by atoms with E-state index < -0.39 is 20.3 Å². The van der Waals surface area contributed by atoms with Crippen molar-refractivity contribution in [3.8, 4) is 17.2 Å². The molecule has 0 aliphatic carbocycles. The van der Waals surface area contributed by atoms with E-state index in [1.54, 1.807) is 7.11 Å². The van der Waals surface area contributed by atoms with E-state index in [9.17, 15) is 13.2 Å². The van der Waals surface area contributed by atoms with E-state index in [0.29, 0.717) is 17.1 Å². The molecule has 38 heavy (non-hydrogen) atoms. The van der Waals surface area contributed by atoms with Gasteiger partial charge in [0.1, 0.15) is 22.3 Å². The van der Waals surface area contributed by atoms with Crippen LogP contribution in [0.5, 0.6) is 17.2 Å². The average Bonchev–Trinajstić information content (AvgIpc) is 2.81. The summed E-state index contributed by atoms with van der Waals surface area (Å²) in [5, 5.41) is 6.43. The van der Waals surface area contributed by atoms with Crippen LogP contribution in [0.1, 0.15) is 11.1 Å². The predicted octanol–water partition coefficient (Wildman–Crippen LogP) is 6.61. The SMILES string of the molecule is COc1cc2c(cc1Nc1ncc(Cl)c(Nc3ccc(OC(F)(F)F)cc3OP(C)C)n1)CN(C)CC2.P. The molecule has 0 bridgehead atoms. The minimum atomic E-state index is -4.82. The number of benzene rings is 2. The average molecular weight is 590 g/mol. The monoisotopic (exact) mass is 589 g/mol. The van der Waals surface area contributed by atoms with E-state index in [2.05, 4.69) is 37.3 Å². The van der Waals surface area contributed by atoms with Gasteiger partial charge < -0.3 is 29.5 Å². The Bertz CT molecular complexity index is 1280. The lowest BCUT2D eigenvalue weighted by atomic mass is 9.99. The number of nitrogens with zero attached hydrogens (tertiary/aromatic N) is 3. The van der Waals surface area contributed by atoms with Gasteiger partial charge in [-0.1, -0.05) is 11.6 Å². The van der Waals surface area contributed by atoms with E-state index in [1.807, 2.05) is 25.5 Å². The minimum Gasteiger partial charge on any atom is -0.495 e. The number of ether oxygens (including phenoxy) is 2. The molecule has 0 amide bonds. The Hall–Kier alpha value is -2.58. The fourth-order valence-corrected chi connectivity index (χ4v) is 4.52. The zero-order chi connectivity index (χ0) is 26.7. The van der Waals surface area contributed by atoms with Gasteiger partial charge in [0.25, 0.3) is 0 Å². The first-order chi connectivity index (χ1) is 17.5. The number of methoxy groups -OCH3 is 1. The Morgan fingerprint density at radius 3 is 2.50 bits per heavy atom. The molecule has 14 heteroatoms. The Labute approximate surface area is 228 Å². The molecular formula is C24H29ClF3N5O3P2. The van der Waals surface area contributed by atoms with Crippen LogP contribution in [0.25, 0.3) is 0 Å². The van der Waals surface area contributed by atoms with Crippen LogP contribution in [0.3, 0.4) is 0 Å². The Morgan fingerprint density at radius 1 is 1.05 bits per heavy atom. The summed E-state index contributed by atoms with van der Waals surface area (Å²) in [6.07, 6.45) is -2.46. The molecule has 0 fully saturated rings. The molecule has 1 aromatic heterocycles. The Kier molecular flexibility index (Phi) is 9.87. The molecule has 1 unspecified atom stereocenters. The van der Waals surface area contributed by atoms with Crippen LogP contribution in [-0.2, 0) is 13.0 Å². The molecule has 0 radical (unpaired) electrons. The van der Waals surface area contributed by atoms with Crippen LogP contribution in [0.4, 0.5) is 36.3 Å². The molecule has 8 nitrogen and oxygen atoms in total. The van der Waals surface area contributed by atoms with Crippen molar-refractivity contribution < 1.29 is 27.2 Å². The molecule has 206 valence electrons. The minimum absolute atomic E-state index is 0. The number of fused-ring (bicyclic) bond motifs is 1. The highest BCUT2D eigenvalue weighted by Crippen LogP contribution is 2.41. The molecule has 2 heterocycles. The smallest absolute Gasteiger partial charge is 0.495 e. The number of halogens is 4. The number of alkyl halides is 3. The van der Waals surface area contributed by atoms with Crippen LogP contribution in [0.2, 0.25) is 5.02 Å². The molecule has 0 saturated carbocycles. The third-order valence-electron chi connectivity index (χ3n) is 5.44. The quantitative estimate of drug-likeness (QED) is 0.284. The van der Waals surface area contributed by atoms with Crippen LogP contribution in [0, 0.1) is 0 Å². The van der Waals surface area contributed by atoms with Crippen molar-refractivity contribution in [2.45, 2.75) is 19.3 Å². The fourth-order valence-electron chi connectivity index (χ4n) is 3.83. The predicted molar refractivity (Wildman–Crippen MR) is 150 cm³/mol. The summed E-state index contributed by atoms with van der Waals surface area (Å²) in [6, 6.07) is 7.79. The van der Waals surface area contributed by atoms with Crippen molar-refractivity contribution in [1.82, 2.24) is 14.9 Å². The van der Waals surface area contributed by atoms with Gasteiger partial charge in [0, 0.05) is 19.2 Å². The normalized spacial score (nSPS) is 13.4. The third kappa shape index (κ3) is 7.73. The number of anilines is 4. The maximum Gasteiger partial charge on any atom is 0.573 e. The number of hydrogen-bond acceptors (Lipinski definition) is 8. The summed E-state index contributed by atoms with van der Waals surface area (Å²) in [6.45, 7) is 5.43. The first-order valence-electron chi connectivity index (χ1n) is 11.2. The number of nitrogens with one attached hydrogen (secondary N) is 2. The van der Waals surface area contributed by atoms with Gasteiger partial charge >= 0.3 is 6.36 Å². The van der Waals surface area contributed by atoms with Crippen molar-refractivity contribution >= 4 is 52.8 Å². The van der Waals surface area contributed by atoms with Gasteiger partial charge in [0.2, 0.25) is 5.95 Å². The molecule has 4 rings (SSSR count). The second-order valence-electron chi connectivity index (χ2n) is 8.56. The highest BCUT2D eigenvalue weighted by molar-refractivity contribution is 7.51. The summed E-state index contributed by atoms with van der Waals surface area (Å²) in [5.41, 5.74) is 3.48. The topological polar surface area (TPSA) is 80.8 Å². The van der Waals surface area contributed by atoms with Crippen molar-refractivity contribution in [3.05, 3.63) is 52.7 Å². The van der Waals surface area contributed by atoms with E-state index in [1.165, 1.54) is 35.5 Å². The molecule has 1 atom stereocenters. The molecular weight excluding hydrogens is 561 g/mol. The lowest BCUT2D eigenvalue weighted by molar-refractivity contribution is -0.274. The second-order valence-corrected chi connectivity index (χ2v) is 10.8. The number of aromatic nitrogens is 2. The summed E-state index contributed by atoms with van der Waals surface area (Å²) in [5.74, 6) is 0.920. The van der Waals surface area contributed by atoms with E-state index in [-0.39, 0.29) is 32.4 Å². The van der Waals surface area contributed by atoms with Crippen LogP contribution in [-0.4, -0.2) is 55.3 Å². The lowest BCUT2D eigenvalue weighted by Gasteiger charge is -2.26. The largest absolute Gasteiger partial charge is 0.573 e. The zero-order valence-electron chi connectivity index (χ0n) is 21.3. The van der Waals surface area contributed by atoms with Crippen LogP contribution < -0.4 is 24.6 Å². The van der Waals surface area contributed by atoms with Crippen molar-refractivity contribution in [3.63, 3.8) is 0 Å². The lowest BCUT2D eigenvalue weighted by Crippen LogP contribution is -2.26. The maximum absolute atomic E-state index is 12.7. The van der Waals surface area contributed by atoms with E-state index >= 15 is 0 Å². The molecule has 0 saturated heterocycles. The zero-order valence-corrected chi connectivity index (χ0v) is 24.4. The van der Waals surface area contributed by atoms with Gasteiger partial charge in [-0.15, -0.1) is 13.2 Å². The maximum atomic E-state index is 12.7. The summed E-state index contributed by atoms with van der Waals surface area (Å²) in [4.78, 5) is 11.0. The first kappa shape index (κ1) is 30.0. The molecule has 1 aliphatic heterocycles. The van der Waals surface area contributed by atoms with Gasteiger partial charge in [-0.2, -0.15) is 14.9 Å². The van der Waals surface area contributed by atoms with Crippen molar-refractivity contribution in [2.75, 3.05) is 44.7 Å². The van der Waals surface area contributed by atoms with Crippen LogP contribution >= 0.6 is 29.6 Å². The van der Waals surface area contributed by atoms with Crippen LogP contribution in [0.15, 0.2) is 36.5 Å².